The number of hydrogen-bond acceptors (Lipinski definition) is 3. The number of nitrogens with two attached hydrogens (primary N) is 1. The lowest BCUT2D eigenvalue weighted by molar-refractivity contribution is 0.204. The van der Waals surface area contributed by atoms with Gasteiger partial charge in [-0.3, -0.25) is 0 Å². The predicted molar refractivity (Wildman–Crippen MR) is 73.4 cm³/mol. The molecule has 0 saturated heterocycles. The molecule has 0 amide bonds. The Hall–Kier alpha value is -1.39. The van der Waals surface area contributed by atoms with Crippen molar-refractivity contribution < 1.29 is 5.11 Å². The molecule has 1 heterocycles. The molecule has 0 fully saturated rings. The monoisotopic (exact) mass is 247 g/mol. The summed E-state index contributed by atoms with van der Waals surface area (Å²) in [6.45, 7) is 8.14. The molecule has 4 heteroatoms. The van der Waals surface area contributed by atoms with Gasteiger partial charge in [0.15, 0.2) is 0 Å². The third-order valence-electron chi connectivity index (χ3n) is 3.22. The van der Waals surface area contributed by atoms with Gasteiger partial charge in [-0.05, 0) is 30.0 Å². The van der Waals surface area contributed by atoms with E-state index in [2.05, 4.69) is 42.9 Å². The summed E-state index contributed by atoms with van der Waals surface area (Å²) in [5, 5.41) is 9.27. The number of nitrogens with zero attached hydrogens (tertiary/aromatic N) is 1. The summed E-state index contributed by atoms with van der Waals surface area (Å²) < 4.78 is 0. The molecule has 0 saturated carbocycles. The second-order valence-corrected chi connectivity index (χ2v) is 6.14. The number of H-pyrrole nitrogens is 1. The van der Waals surface area contributed by atoms with Crippen LogP contribution in [0.15, 0.2) is 18.2 Å². The molecule has 0 aliphatic carbocycles. The van der Waals surface area contributed by atoms with Gasteiger partial charge >= 0.3 is 0 Å². The van der Waals surface area contributed by atoms with Crippen LogP contribution in [0, 0.1) is 0 Å². The van der Waals surface area contributed by atoms with Gasteiger partial charge in [0.1, 0.15) is 5.82 Å². The first-order valence-corrected chi connectivity index (χ1v) is 6.14. The highest BCUT2D eigenvalue weighted by molar-refractivity contribution is 5.76. The number of aromatic nitrogens is 2. The van der Waals surface area contributed by atoms with Gasteiger partial charge in [-0.1, -0.05) is 26.8 Å². The molecule has 2 rings (SSSR count). The van der Waals surface area contributed by atoms with Gasteiger partial charge in [-0.15, -0.1) is 0 Å². The number of imidazole rings is 1. The number of aliphatic hydroxyl groups is 1. The SMILES string of the molecule is CC(C)(C)c1ccc2nc(C(C)(N)CO)[nH]c2c1. The Morgan fingerprint density at radius 1 is 1.28 bits per heavy atom. The molecule has 4 nitrogen and oxygen atoms in total. The number of benzene rings is 1. The molecular weight excluding hydrogens is 226 g/mol. The van der Waals surface area contributed by atoms with Gasteiger partial charge in [0.2, 0.25) is 0 Å². The number of fused-ring (bicyclic) bond motifs is 1. The normalized spacial score (nSPS) is 15.9. The van der Waals surface area contributed by atoms with Crippen LogP contribution in [0.5, 0.6) is 0 Å². The molecule has 1 aromatic carbocycles. The zero-order valence-electron chi connectivity index (χ0n) is 11.4. The van der Waals surface area contributed by atoms with Crippen LogP contribution in [0.25, 0.3) is 11.0 Å². The lowest BCUT2D eigenvalue weighted by Crippen LogP contribution is -2.38. The summed E-state index contributed by atoms with van der Waals surface area (Å²) in [7, 11) is 0. The van der Waals surface area contributed by atoms with E-state index < -0.39 is 5.54 Å². The minimum atomic E-state index is -0.832. The van der Waals surface area contributed by atoms with E-state index in [0.29, 0.717) is 5.82 Å². The second-order valence-electron chi connectivity index (χ2n) is 6.14. The fourth-order valence-corrected chi connectivity index (χ4v) is 1.82. The van der Waals surface area contributed by atoms with Crippen molar-refractivity contribution >= 4 is 11.0 Å². The highest BCUT2D eigenvalue weighted by Crippen LogP contribution is 2.26. The average molecular weight is 247 g/mol. The number of nitrogens with one attached hydrogen (secondary N) is 1. The molecule has 0 radical (unpaired) electrons. The van der Waals surface area contributed by atoms with E-state index in [1.165, 1.54) is 5.56 Å². The van der Waals surface area contributed by atoms with Gasteiger partial charge in [0.25, 0.3) is 0 Å². The van der Waals surface area contributed by atoms with E-state index in [1.807, 2.05) is 6.07 Å². The van der Waals surface area contributed by atoms with Crippen molar-refractivity contribution in [1.82, 2.24) is 9.97 Å². The van der Waals surface area contributed by atoms with E-state index >= 15 is 0 Å². The van der Waals surface area contributed by atoms with Crippen molar-refractivity contribution in [2.75, 3.05) is 6.61 Å². The Labute approximate surface area is 107 Å². The van der Waals surface area contributed by atoms with Crippen LogP contribution in [0.4, 0.5) is 0 Å². The highest BCUT2D eigenvalue weighted by atomic mass is 16.3. The van der Waals surface area contributed by atoms with Gasteiger partial charge in [-0.2, -0.15) is 0 Å². The first-order chi connectivity index (χ1) is 8.24. The fourth-order valence-electron chi connectivity index (χ4n) is 1.82. The summed E-state index contributed by atoms with van der Waals surface area (Å²) >= 11 is 0. The summed E-state index contributed by atoms with van der Waals surface area (Å²) in [5.41, 5.74) is 8.33. The first kappa shape index (κ1) is 13.1. The van der Waals surface area contributed by atoms with Crippen molar-refractivity contribution in [3.05, 3.63) is 29.6 Å². The van der Waals surface area contributed by atoms with Crippen LogP contribution in [0.3, 0.4) is 0 Å². The highest BCUT2D eigenvalue weighted by Gasteiger charge is 2.24. The second kappa shape index (κ2) is 4.07. The summed E-state index contributed by atoms with van der Waals surface area (Å²) in [4.78, 5) is 7.64. The quantitative estimate of drug-likeness (QED) is 0.760. The molecule has 0 bridgehead atoms. The van der Waals surface area contributed by atoms with Crippen LogP contribution >= 0.6 is 0 Å². The number of rotatable bonds is 2. The molecule has 1 atom stereocenters. The maximum absolute atomic E-state index is 9.27. The van der Waals surface area contributed by atoms with Gasteiger partial charge < -0.3 is 15.8 Å². The summed E-state index contributed by atoms with van der Waals surface area (Å²) in [6.07, 6.45) is 0. The zero-order valence-corrected chi connectivity index (χ0v) is 11.4. The Balaban J connectivity index is 2.53. The molecule has 4 N–H and O–H groups in total. The van der Waals surface area contributed by atoms with Crippen LogP contribution in [-0.2, 0) is 11.0 Å². The topological polar surface area (TPSA) is 74.9 Å². The molecule has 2 aromatic rings. The fraction of sp³-hybridized carbons (Fsp3) is 0.500. The van der Waals surface area contributed by atoms with Crippen molar-refractivity contribution in [2.45, 2.75) is 38.6 Å². The van der Waals surface area contributed by atoms with Crippen LogP contribution in [0.2, 0.25) is 0 Å². The Morgan fingerprint density at radius 2 is 1.94 bits per heavy atom. The molecule has 98 valence electrons. The molecule has 1 aromatic heterocycles. The lowest BCUT2D eigenvalue weighted by atomic mass is 9.87. The van der Waals surface area contributed by atoms with Crippen molar-refractivity contribution in [3.8, 4) is 0 Å². The number of aromatic amines is 1. The Morgan fingerprint density at radius 3 is 2.50 bits per heavy atom. The van der Waals surface area contributed by atoms with Gasteiger partial charge in [0.05, 0.1) is 23.2 Å². The van der Waals surface area contributed by atoms with Crippen molar-refractivity contribution in [3.63, 3.8) is 0 Å². The predicted octanol–water partition coefficient (Wildman–Crippen LogP) is 2.03. The maximum atomic E-state index is 9.27. The molecular formula is C14H21N3O. The first-order valence-electron chi connectivity index (χ1n) is 6.14. The van der Waals surface area contributed by atoms with Crippen LogP contribution < -0.4 is 5.73 Å². The largest absolute Gasteiger partial charge is 0.394 e. The number of hydrogen-bond donors (Lipinski definition) is 3. The third-order valence-corrected chi connectivity index (χ3v) is 3.22. The number of aliphatic hydroxyl groups excluding tert-OH is 1. The standard InChI is InChI=1S/C14H21N3O/c1-13(2,3)9-5-6-10-11(7-9)17-12(16-10)14(4,15)8-18/h5-7,18H,8,15H2,1-4H3,(H,16,17). The van der Waals surface area contributed by atoms with E-state index in [4.69, 9.17) is 5.73 Å². The third kappa shape index (κ3) is 2.26. The van der Waals surface area contributed by atoms with E-state index in [-0.39, 0.29) is 12.0 Å². The molecule has 0 aliphatic rings. The minimum absolute atomic E-state index is 0.0997. The van der Waals surface area contributed by atoms with Crippen molar-refractivity contribution in [2.24, 2.45) is 5.73 Å². The molecule has 18 heavy (non-hydrogen) atoms. The van der Waals surface area contributed by atoms with Crippen LogP contribution in [0.1, 0.15) is 39.1 Å². The molecule has 0 spiro atoms. The van der Waals surface area contributed by atoms with E-state index in [9.17, 15) is 5.11 Å². The van der Waals surface area contributed by atoms with Crippen LogP contribution in [-0.4, -0.2) is 21.7 Å². The summed E-state index contributed by atoms with van der Waals surface area (Å²) in [5.74, 6) is 0.617. The van der Waals surface area contributed by atoms with E-state index in [1.54, 1.807) is 6.92 Å². The van der Waals surface area contributed by atoms with Gasteiger partial charge in [-0.25, -0.2) is 4.98 Å². The smallest absolute Gasteiger partial charge is 0.129 e. The molecule has 0 aliphatic heterocycles. The van der Waals surface area contributed by atoms with Gasteiger partial charge in [0, 0.05) is 0 Å². The Bertz CT molecular complexity index is 564. The Kier molecular flexibility index (Phi) is 2.95. The lowest BCUT2D eigenvalue weighted by Gasteiger charge is -2.18. The van der Waals surface area contributed by atoms with Crippen molar-refractivity contribution in [1.29, 1.82) is 0 Å². The average Bonchev–Trinajstić information content (AvgIpc) is 2.71. The minimum Gasteiger partial charge on any atom is -0.394 e. The molecule has 1 unspecified atom stereocenters. The van der Waals surface area contributed by atoms with E-state index in [0.717, 1.165) is 11.0 Å². The zero-order chi connectivity index (χ0) is 13.6. The summed E-state index contributed by atoms with van der Waals surface area (Å²) in [6, 6.07) is 6.17. The maximum Gasteiger partial charge on any atom is 0.129 e.